The highest BCUT2D eigenvalue weighted by Gasteiger charge is 2.30. The fourth-order valence-electron chi connectivity index (χ4n) is 2.95. The van der Waals surface area contributed by atoms with Crippen LogP contribution in [0.15, 0.2) is 24.3 Å². The van der Waals surface area contributed by atoms with Crippen molar-refractivity contribution in [2.24, 2.45) is 5.73 Å². The summed E-state index contributed by atoms with van der Waals surface area (Å²) in [6.07, 6.45) is 0. The molecule has 1 fully saturated rings. The maximum atomic E-state index is 13.1. The summed E-state index contributed by atoms with van der Waals surface area (Å²) in [6.45, 7) is 8.63. The minimum absolute atomic E-state index is 0.0351. The van der Waals surface area contributed by atoms with E-state index in [2.05, 4.69) is 18.7 Å². The fourth-order valence-corrected chi connectivity index (χ4v) is 4.30. The van der Waals surface area contributed by atoms with Gasteiger partial charge in [0.2, 0.25) is 0 Å². The van der Waals surface area contributed by atoms with E-state index in [1.54, 1.807) is 0 Å². The van der Waals surface area contributed by atoms with E-state index < -0.39 is 0 Å². The highest BCUT2D eigenvalue weighted by Crippen LogP contribution is 2.32. The molecule has 1 aliphatic heterocycles. The summed E-state index contributed by atoms with van der Waals surface area (Å²) in [6, 6.07) is 6.98. The van der Waals surface area contributed by atoms with E-state index in [-0.39, 0.29) is 17.9 Å². The monoisotopic (exact) mass is 282 g/mol. The van der Waals surface area contributed by atoms with Gasteiger partial charge in [-0.2, -0.15) is 11.8 Å². The Morgan fingerprint density at radius 3 is 2.21 bits per heavy atom. The van der Waals surface area contributed by atoms with E-state index in [1.165, 1.54) is 12.1 Å². The van der Waals surface area contributed by atoms with Crippen molar-refractivity contribution in [2.75, 3.05) is 13.1 Å². The van der Waals surface area contributed by atoms with Crippen molar-refractivity contribution in [3.8, 4) is 0 Å². The highest BCUT2D eigenvalue weighted by atomic mass is 32.2. The fraction of sp³-hybridized carbons (Fsp3) is 0.600. The van der Waals surface area contributed by atoms with E-state index in [4.69, 9.17) is 5.73 Å². The molecule has 4 unspecified atom stereocenters. The van der Waals surface area contributed by atoms with Gasteiger partial charge in [-0.3, -0.25) is 4.90 Å². The van der Waals surface area contributed by atoms with Crippen LogP contribution in [-0.2, 0) is 0 Å². The van der Waals surface area contributed by atoms with Crippen LogP contribution in [0.5, 0.6) is 0 Å². The van der Waals surface area contributed by atoms with Crippen LogP contribution in [-0.4, -0.2) is 34.5 Å². The van der Waals surface area contributed by atoms with E-state index in [0.717, 1.165) is 18.7 Å². The van der Waals surface area contributed by atoms with Crippen LogP contribution in [0.1, 0.15) is 32.4 Å². The van der Waals surface area contributed by atoms with Crippen LogP contribution in [0.25, 0.3) is 0 Å². The van der Waals surface area contributed by atoms with Crippen LogP contribution in [0.4, 0.5) is 4.39 Å². The summed E-state index contributed by atoms with van der Waals surface area (Å²) in [7, 11) is 0. The molecule has 19 heavy (non-hydrogen) atoms. The molecular formula is C15H23FN2S. The molecule has 2 N–H and O–H groups in total. The Balaban J connectivity index is 2.22. The number of nitrogens with zero attached hydrogens (tertiary/aromatic N) is 1. The van der Waals surface area contributed by atoms with Crippen molar-refractivity contribution in [2.45, 2.75) is 43.4 Å². The quantitative estimate of drug-likeness (QED) is 0.924. The molecule has 4 atom stereocenters. The van der Waals surface area contributed by atoms with Crippen LogP contribution in [0.3, 0.4) is 0 Å². The molecule has 0 saturated carbocycles. The summed E-state index contributed by atoms with van der Waals surface area (Å²) in [5.74, 6) is -0.192. The first-order chi connectivity index (χ1) is 8.97. The number of rotatable bonds is 3. The second-order valence-corrected chi connectivity index (χ2v) is 7.45. The minimum atomic E-state index is -0.192. The Kier molecular flexibility index (Phi) is 4.87. The summed E-state index contributed by atoms with van der Waals surface area (Å²) >= 11 is 2.03. The lowest BCUT2D eigenvalue weighted by Gasteiger charge is -2.41. The van der Waals surface area contributed by atoms with E-state index >= 15 is 0 Å². The molecule has 1 aliphatic rings. The van der Waals surface area contributed by atoms with Crippen molar-refractivity contribution < 1.29 is 4.39 Å². The van der Waals surface area contributed by atoms with Gasteiger partial charge in [0.1, 0.15) is 5.82 Å². The van der Waals surface area contributed by atoms with Crippen molar-refractivity contribution in [3.05, 3.63) is 35.6 Å². The second kappa shape index (κ2) is 6.25. The zero-order valence-corrected chi connectivity index (χ0v) is 12.7. The maximum absolute atomic E-state index is 13.1. The van der Waals surface area contributed by atoms with Crippen molar-refractivity contribution in [1.29, 1.82) is 0 Å². The third-order valence-electron chi connectivity index (χ3n) is 3.55. The molecule has 2 nitrogen and oxygen atoms in total. The first kappa shape index (κ1) is 14.8. The van der Waals surface area contributed by atoms with Crippen molar-refractivity contribution in [3.63, 3.8) is 0 Å². The summed E-state index contributed by atoms with van der Waals surface area (Å²) < 4.78 is 13.1. The van der Waals surface area contributed by atoms with Crippen molar-refractivity contribution >= 4 is 11.8 Å². The van der Waals surface area contributed by atoms with E-state index in [9.17, 15) is 4.39 Å². The number of halogens is 1. The van der Waals surface area contributed by atoms with Gasteiger partial charge in [0, 0.05) is 35.7 Å². The Morgan fingerprint density at radius 2 is 1.74 bits per heavy atom. The Labute approximate surface area is 119 Å². The van der Waals surface area contributed by atoms with Gasteiger partial charge in [-0.25, -0.2) is 4.39 Å². The first-order valence-electron chi connectivity index (χ1n) is 6.88. The lowest BCUT2D eigenvalue weighted by atomic mass is 9.98. The summed E-state index contributed by atoms with van der Waals surface area (Å²) in [4.78, 5) is 2.45. The molecule has 4 heteroatoms. The minimum Gasteiger partial charge on any atom is -0.326 e. The van der Waals surface area contributed by atoms with Gasteiger partial charge in [0.05, 0.1) is 0 Å². The summed E-state index contributed by atoms with van der Waals surface area (Å²) in [5, 5.41) is 1.23. The van der Waals surface area contributed by atoms with Gasteiger partial charge in [0.25, 0.3) is 0 Å². The lowest BCUT2D eigenvalue weighted by Crippen LogP contribution is -2.47. The molecule has 1 aromatic rings. The molecular weight excluding hydrogens is 259 g/mol. The van der Waals surface area contributed by atoms with Gasteiger partial charge in [-0.1, -0.05) is 26.0 Å². The third kappa shape index (κ3) is 3.71. The predicted molar refractivity (Wildman–Crippen MR) is 80.9 cm³/mol. The topological polar surface area (TPSA) is 29.3 Å². The number of nitrogens with two attached hydrogens (primary N) is 1. The van der Waals surface area contributed by atoms with Gasteiger partial charge in [0.15, 0.2) is 0 Å². The molecule has 0 radical (unpaired) electrons. The number of hydrogen-bond donors (Lipinski definition) is 1. The average molecular weight is 282 g/mol. The molecule has 1 saturated heterocycles. The normalized spacial score (nSPS) is 28.1. The molecule has 1 aromatic carbocycles. The lowest BCUT2D eigenvalue weighted by molar-refractivity contribution is 0.174. The maximum Gasteiger partial charge on any atom is 0.123 e. The number of benzene rings is 1. The Morgan fingerprint density at radius 1 is 1.21 bits per heavy atom. The zero-order valence-electron chi connectivity index (χ0n) is 11.8. The first-order valence-corrected chi connectivity index (χ1v) is 7.82. The largest absolute Gasteiger partial charge is 0.326 e. The van der Waals surface area contributed by atoms with Gasteiger partial charge in [-0.15, -0.1) is 0 Å². The van der Waals surface area contributed by atoms with Gasteiger partial charge < -0.3 is 5.73 Å². The standard InChI is InChI=1S/C15H23FN2S/c1-10-8-18(9-11(2)19-10)15(12(3)17)13-4-6-14(16)7-5-13/h4-7,10-12,15H,8-9,17H2,1-3H3. The Hall–Kier alpha value is -0.580. The van der Waals surface area contributed by atoms with Crippen LogP contribution >= 0.6 is 11.8 Å². The molecule has 1 heterocycles. The smallest absolute Gasteiger partial charge is 0.123 e. The molecule has 0 aliphatic carbocycles. The van der Waals surface area contributed by atoms with Gasteiger partial charge in [-0.05, 0) is 24.6 Å². The van der Waals surface area contributed by atoms with Crippen LogP contribution in [0, 0.1) is 5.82 Å². The molecule has 106 valence electrons. The van der Waals surface area contributed by atoms with Crippen LogP contribution < -0.4 is 5.73 Å². The van der Waals surface area contributed by atoms with E-state index in [0.29, 0.717) is 10.5 Å². The van der Waals surface area contributed by atoms with Crippen molar-refractivity contribution in [1.82, 2.24) is 4.90 Å². The number of thioether (sulfide) groups is 1. The molecule has 0 spiro atoms. The van der Waals surface area contributed by atoms with E-state index in [1.807, 2.05) is 30.8 Å². The molecule has 0 aromatic heterocycles. The highest BCUT2D eigenvalue weighted by molar-refractivity contribution is 8.00. The molecule has 0 bridgehead atoms. The SMILES string of the molecule is CC1CN(C(c2ccc(F)cc2)C(C)N)CC(C)S1. The van der Waals surface area contributed by atoms with Crippen LogP contribution in [0.2, 0.25) is 0 Å². The summed E-state index contributed by atoms with van der Waals surface area (Å²) in [5.41, 5.74) is 7.30. The average Bonchev–Trinajstić information content (AvgIpc) is 2.30. The zero-order chi connectivity index (χ0) is 14.0. The Bertz CT molecular complexity index is 397. The number of hydrogen-bond acceptors (Lipinski definition) is 3. The van der Waals surface area contributed by atoms with Gasteiger partial charge >= 0.3 is 0 Å². The predicted octanol–water partition coefficient (Wildman–Crippen LogP) is 3.04. The molecule has 0 amide bonds. The molecule has 2 rings (SSSR count). The second-order valence-electron chi connectivity index (χ2n) is 5.57. The third-order valence-corrected chi connectivity index (χ3v) is 4.78.